The molecule has 0 bridgehead atoms. The Labute approximate surface area is 151 Å². The Morgan fingerprint density at radius 1 is 1.15 bits per heavy atom. The van der Waals surface area contributed by atoms with E-state index in [-0.39, 0.29) is 5.91 Å². The van der Waals surface area contributed by atoms with Gasteiger partial charge in [0.2, 0.25) is 0 Å². The zero-order chi connectivity index (χ0) is 18.5. The molecule has 0 aliphatic heterocycles. The third-order valence-corrected chi connectivity index (χ3v) is 3.94. The summed E-state index contributed by atoms with van der Waals surface area (Å²) in [5.41, 5.74) is 2.86. The van der Waals surface area contributed by atoms with Gasteiger partial charge in [-0.15, -0.1) is 0 Å². The van der Waals surface area contributed by atoms with Crippen LogP contribution in [0.4, 0.5) is 0 Å². The topological polar surface area (TPSA) is 78.3 Å². The number of carbonyl (C=O) groups is 1. The molecule has 7 heteroatoms. The zero-order valence-corrected chi connectivity index (χ0v) is 14.9. The minimum atomic E-state index is -0.259. The maximum atomic E-state index is 12.5. The quantitative estimate of drug-likeness (QED) is 0.737. The van der Waals surface area contributed by atoms with Crippen LogP contribution < -0.4 is 14.8 Å². The molecule has 7 nitrogen and oxygen atoms in total. The van der Waals surface area contributed by atoms with E-state index in [0.717, 1.165) is 17.1 Å². The number of hydrogen-bond acceptors (Lipinski definition) is 5. The average Bonchev–Trinajstić information content (AvgIpc) is 3.06. The Balaban J connectivity index is 1.75. The van der Waals surface area contributed by atoms with Crippen molar-refractivity contribution in [3.8, 4) is 22.9 Å². The molecule has 2 heterocycles. The Kier molecular flexibility index (Phi) is 5.17. The van der Waals surface area contributed by atoms with E-state index >= 15 is 0 Å². The highest BCUT2D eigenvalue weighted by Gasteiger charge is 2.17. The first-order valence-corrected chi connectivity index (χ1v) is 8.07. The molecule has 1 aromatic carbocycles. The van der Waals surface area contributed by atoms with Crippen molar-refractivity contribution < 1.29 is 14.3 Å². The van der Waals surface area contributed by atoms with Crippen LogP contribution in [-0.2, 0) is 13.6 Å². The first-order chi connectivity index (χ1) is 12.6. The second-order valence-corrected chi connectivity index (χ2v) is 5.58. The number of hydrogen-bond donors (Lipinski definition) is 1. The molecule has 1 N–H and O–H groups in total. The lowest BCUT2D eigenvalue weighted by Gasteiger charge is -2.12. The highest BCUT2D eigenvalue weighted by molar-refractivity contribution is 5.97. The second kappa shape index (κ2) is 7.69. The lowest BCUT2D eigenvalue weighted by atomic mass is 10.1. The first-order valence-electron chi connectivity index (χ1n) is 8.07. The number of nitrogens with zero attached hydrogens (tertiary/aromatic N) is 3. The highest BCUT2D eigenvalue weighted by atomic mass is 16.5. The van der Waals surface area contributed by atoms with Gasteiger partial charge in [-0.2, -0.15) is 5.10 Å². The van der Waals surface area contributed by atoms with E-state index in [9.17, 15) is 4.79 Å². The Bertz CT molecular complexity index is 906. The maximum Gasteiger partial charge on any atom is 0.255 e. The van der Waals surface area contributed by atoms with Crippen molar-refractivity contribution in [2.75, 3.05) is 14.2 Å². The molecule has 3 aromatic rings. The van der Waals surface area contributed by atoms with Gasteiger partial charge < -0.3 is 14.8 Å². The molecule has 2 aromatic heterocycles. The molecule has 26 heavy (non-hydrogen) atoms. The number of rotatable bonds is 6. The molecule has 0 unspecified atom stereocenters. The number of carbonyl (C=O) groups excluding carboxylic acids is 1. The third-order valence-electron chi connectivity index (χ3n) is 3.94. The number of para-hydroxylation sites is 1. The minimum absolute atomic E-state index is 0.259. The Morgan fingerprint density at radius 3 is 2.69 bits per heavy atom. The number of nitrogens with one attached hydrogen (secondary N) is 1. The van der Waals surface area contributed by atoms with Gasteiger partial charge in [-0.05, 0) is 30.3 Å². The summed E-state index contributed by atoms with van der Waals surface area (Å²) in [7, 11) is 4.89. The lowest BCUT2D eigenvalue weighted by Crippen LogP contribution is -2.23. The van der Waals surface area contributed by atoms with E-state index < -0.39 is 0 Å². The minimum Gasteiger partial charge on any atom is -0.493 e. The van der Waals surface area contributed by atoms with Crippen LogP contribution in [0.2, 0.25) is 0 Å². The number of aromatic nitrogens is 3. The molecule has 0 saturated carbocycles. The van der Waals surface area contributed by atoms with Crippen molar-refractivity contribution in [2.45, 2.75) is 6.54 Å². The summed E-state index contributed by atoms with van der Waals surface area (Å²) >= 11 is 0. The van der Waals surface area contributed by atoms with Crippen LogP contribution in [0.25, 0.3) is 11.4 Å². The summed E-state index contributed by atoms with van der Waals surface area (Å²) in [6.45, 7) is 0.292. The number of benzene rings is 1. The fourth-order valence-electron chi connectivity index (χ4n) is 2.70. The summed E-state index contributed by atoms with van der Waals surface area (Å²) in [5, 5.41) is 7.30. The third kappa shape index (κ3) is 3.51. The van der Waals surface area contributed by atoms with Crippen LogP contribution in [0, 0.1) is 0 Å². The van der Waals surface area contributed by atoms with E-state index in [1.807, 2.05) is 31.3 Å². The molecule has 0 atom stereocenters. The van der Waals surface area contributed by atoms with Gasteiger partial charge in [0.25, 0.3) is 5.91 Å². The van der Waals surface area contributed by atoms with Gasteiger partial charge in [-0.3, -0.25) is 14.5 Å². The normalized spacial score (nSPS) is 10.4. The van der Waals surface area contributed by atoms with Gasteiger partial charge in [-0.25, -0.2) is 0 Å². The summed E-state index contributed by atoms with van der Waals surface area (Å²) in [6, 6.07) is 12.8. The highest BCUT2D eigenvalue weighted by Crippen LogP contribution is 2.30. The van der Waals surface area contributed by atoms with Gasteiger partial charge in [0.05, 0.1) is 43.4 Å². The predicted molar refractivity (Wildman–Crippen MR) is 97.2 cm³/mol. The number of aryl methyl sites for hydroxylation is 1. The predicted octanol–water partition coefficient (Wildman–Crippen LogP) is 2.43. The molecule has 0 saturated heterocycles. The van der Waals surface area contributed by atoms with Crippen molar-refractivity contribution in [2.24, 2.45) is 7.05 Å². The van der Waals surface area contributed by atoms with Crippen LogP contribution in [0.5, 0.6) is 11.5 Å². The average molecular weight is 352 g/mol. The number of amides is 1. The van der Waals surface area contributed by atoms with Crippen molar-refractivity contribution in [1.29, 1.82) is 0 Å². The SMILES string of the molecule is COc1cccc(C(=O)NCc2cc(-c3ccccn3)n(C)n2)c1OC. The van der Waals surface area contributed by atoms with E-state index in [0.29, 0.717) is 23.6 Å². The van der Waals surface area contributed by atoms with Crippen LogP contribution in [0.3, 0.4) is 0 Å². The molecule has 0 aliphatic carbocycles. The molecule has 1 amide bonds. The van der Waals surface area contributed by atoms with Gasteiger partial charge in [0.15, 0.2) is 11.5 Å². The molecule has 134 valence electrons. The summed E-state index contributed by atoms with van der Waals surface area (Å²) in [5.74, 6) is 0.656. The van der Waals surface area contributed by atoms with Crippen LogP contribution in [0.15, 0.2) is 48.7 Å². The molecule has 3 rings (SSSR count). The molecule has 0 spiro atoms. The molecule has 0 radical (unpaired) electrons. The fraction of sp³-hybridized carbons (Fsp3) is 0.211. The number of pyridine rings is 1. The van der Waals surface area contributed by atoms with Crippen molar-refractivity contribution in [1.82, 2.24) is 20.1 Å². The fourth-order valence-corrected chi connectivity index (χ4v) is 2.70. The maximum absolute atomic E-state index is 12.5. The number of ether oxygens (including phenoxy) is 2. The molecular weight excluding hydrogens is 332 g/mol. The van der Waals surface area contributed by atoms with Gasteiger partial charge >= 0.3 is 0 Å². The molecule has 0 aliphatic rings. The monoisotopic (exact) mass is 352 g/mol. The van der Waals surface area contributed by atoms with Crippen molar-refractivity contribution in [3.63, 3.8) is 0 Å². The van der Waals surface area contributed by atoms with E-state index in [2.05, 4.69) is 15.4 Å². The van der Waals surface area contributed by atoms with Crippen LogP contribution in [0.1, 0.15) is 16.1 Å². The summed E-state index contributed by atoms with van der Waals surface area (Å²) in [6.07, 6.45) is 1.73. The number of methoxy groups -OCH3 is 2. The van der Waals surface area contributed by atoms with E-state index in [1.54, 1.807) is 29.1 Å². The Morgan fingerprint density at radius 2 is 2.00 bits per heavy atom. The lowest BCUT2D eigenvalue weighted by molar-refractivity contribution is 0.0946. The Hall–Kier alpha value is -3.35. The summed E-state index contributed by atoms with van der Waals surface area (Å²) in [4.78, 5) is 16.9. The first kappa shape index (κ1) is 17.5. The molecule has 0 fully saturated rings. The summed E-state index contributed by atoms with van der Waals surface area (Å²) < 4.78 is 12.3. The van der Waals surface area contributed by atoms with Gasteiger partial charge in [0.1, 0.15) is 0 Å². The van der Waals surface area contributed by atoms with Gasteiger partial charge in [0, 0.05) is 13.2 Å². The molecular formula is C19H20N4O3. The second-order valence-electron chi connectivity index (χ2n) is 5.58. The van der Waals surface area contributed by atoms with E-state index in [1.165, 1.54) is 14.2 Å². The van der Waals surface area contributed by atoms with Crippen LogP contribution in [-0.4, -0.2) is 34.9 Å². The van der Waals surface area contributed by atoms with Gasteiger partial charge in [-0.1, -0.05) is 12.1 Å². The van der Waals surface area contributed by atoms with Crippen molar-refractivity contribution >= 4 is 5.91 Å². The van der Waals surface area contributed by atoms with Crippen molar-refractivity contribution in [3.05, 3.63) is 59.9 Å². The smallest absolute Gasteiger partial charge is 0.255 e. The zero-order valence-electron chi connectivity index (χ0n) is 14.9. The van der Waals surface area contributed by atoms with E-state index in [4.69, 9.17) is 9.47 Å². The largest absolute Gasteiger partial charge is 0.493 e. The van der Waals surface area contributed by atoms with Crippen LogP contribution >= 0.6 is 0 Å². The standard InChI is InChI=1S/C19H20N4O3/c1-23-16(15-8-4-5-10-20-15)11-13(22-23)12-21-19(24)14-7-6-9-17(25-2)18(14)26-3/h4-11H,12H2,1-3H3,(H,21,24).